The minimum absolute atomic E-state index is 0.251. The van der Waals surface area contributed by atoms with E-state index in [1.807, 2.05) is 36.7 Å². The molecule has 20 heavy (non-hydrogen) atoms. The van der Waals surface area contributed by atoms with Crippen molar-refractivity contribution in [3.8, 4) is 5.69 Å². The molecule has 3 rings (SSSR count). The average molecular weight is 287 g/mol. The predicted octanol–water partition coefficient (Wildman–Crippen LogP) is 3.70. The molecule has 102 valence electrons. The van der Waals surface area contributed by atoms with Crippen LogP contribution in [0, 0.1) is 12.7 Å². The molecule has 1 aromatic heterocycles. The van der Waals surface area contributed by atoms with E-state index in [4.69, 9.17) is 0 Å². The Labute approximate surface area is 121 Å². The summed E-state index contributed by atoms with van der Waals surface area (Å²) in [6.07, 6.45) is 0. The molecule has 0 amide bonds. The molecule has 5 heteroatoms. The molecule has 0 fully saturated rings. The van der Waals surface area contributed by atoms with Crippen molar-refractivity contribution in [3.05, 3.63) is 54.1 Å². The second kappa shape index (κ2) is 5.26. The monoisotopic (exact) mass is 287 g/mol. The highest BCUT2D eigenvalue weighted by atomic mass is 32.2. The Bertz CT molecular complexity index is 767. The van der Waals surface area contributed by atoms with Gasteiger partial charge < -0.3 is 0 Å². The SMILES string of the molecule is CNSc1cccc(-n2c(C)nc3ccc(F)cc32)c1. The van der Waals surface area contributed by atoms with Crippen LogP contribution < -0.4 is 4.72 Å². The van der Waals surface area contributed by atoms with E-state index in [2.05, 4.69) is 15.8 Å². The lowest BCUT2D eigenvalue weighted by atomic mass is 10.2. The average Bonchev–Trinajstić information content (AvgIpc) is 2.75. The summed E-state index contributed by atoms with van der Waals surface area (Å²) in [6.45, 7) is 1.93. The smallest absolute Gasteiger partial charge is 0.125 e. The highest BCUT2D eigenvalue weighted by molar-refractivity contribution is 7.97. The van der Waals surface area contributed by atoms with Gasteiger partial charge in [0.05, 0.1) is 11.0 Å². The molecule has 0 bridgehead atoms. The first-order valence-electron chi connectivity index (χ1n) is 6.27. The van der Waals surface area contributed by atoms with Gasteiger partial charge in [0.15, 0.2) is 0 Å². The molecule has 0 saturated heterocycles. The number of aryl methyl sites for hydroxylation is 1. The maximum atomic E-state index is 13.5. The molecule has 1 heterocycles. The van der Waals surface area contributed by atoms with Crippen LogP contribution in [-0.2, 0) is 0 Å². The van der Waals surface area contributed by atoms with Crippen LogP contribution in [-0.4, -0.2) is 16.6 Å². The Morgan fingerprint density at radius 3 is 2.85 bits per heavy atom. The van der Waals surface area contributed by atoms with Gasteiger partial charge in [0.1, 0.15) is 11.6 Å². The van der Waals surface area contributed by atoms with Crippen LogP contribution in [0.25, 0.3) is 16.7 Å². The standard InChI is InChI=1S/C15H14FN3S/c1-10-18-14-7-6-11(16)8-15(14)19(10)12-4-3-5-13(9-12)20-17-2/h3-9,17H,1-2H3. The summed E-state index contributed by atoms with van der Waals surface area (Å²) in [5, 5.41) is 0. The van der Waals surface area contributed by atoms with Crippen LogP contribution in [0.15, 0.2) is 47.4 Å². The van der Waals surface area contributed by atoms with Crippen molar-refractivity contribution < 1.29 is 4.39 Å². The Kier molecular flexibility index (Phi) is 3.46. The molecule has 0 saturated carbocycles. The number of nitrogens with zero attached hydrogens (tertiary/aromatic N) is 2. The number of benzene rings is 2. The lowest BCUT2D eigenvalue weighted by Gasteiger charge is -2.08. The number of fused-ring (bicyclic) bond motifs is 1. The zero-order chi connectivity index (χ0) is 14.1. The number of halogens is 1. The third-order valence-corrected chi connectivity index (χ3v) is 3.77. The van der Waals surface area contributed by atoms with E-state index in [1.54, 1.807) is 18.0 Å². The molecule has 0 atom stereocenters. The van der Waals surface area contributed by atoms with Crippen LogP contribution >= 0.6 is 11.9 Å². The van der Waals surface area contributed by atoms with Crippen LogP contribution in [0.5, 0.6) is 0 Å². The van der Waals surface area contributed by atoms with Gasteiger partial charge in [-0.2, -0.15) is 0 Å². The molecule has 2 aromatic carbocycles. The summed E-state index contributed by atoms with van der Waals surface area (Å²) >= 11 is 1.54. The van der Waals surface area contributed by atoms with Crippen LogP contribution in [0.2, 0.25) is 0 Å². The first-order valence-corrected chi connectivity index (χ1v) is 7.09. The molecule has 0 radical (unpaired) electrons. The number of imidazole rings is 1. The zero-order valence-electron chi connectivity index (χ0n) is 11.2. The fourth-order valence-electron chi connectivity index (χ4n) is 2.30. The quantitative estimate of drug-likeness (QED) is 0.745. The molecule has 0 aliphatic carbocycles. The molecule has 0 aliphatic rings. The van der Waals surface area contributed by atoms with Gasteiger partial charge in [-0.15, -0.1) is 0 Å². The van der Waals surface area contributed by atoms with Crippen molar-refractivity contribution in [1.82, 2.24) is 14.3 Å². The minimum Gasteiger partial charge on any atom is -0.296 e. The minimum atomic E-state index is -0.251. The van der Waals surface area contributed by atoms with Gasteiger partial charge in [-0.1, -0.05) is 6.07 Å². The maximum absolute atomic E-state index is 13.5. The van der Waals surface area contributed by atoms with Crippen molar-refractivity contribution in [2.24, 2.45) is 0 Å². The zero-order valence-corrected chi connectivity index (χ0v) is 12.0. The van der Waals surface area contributed by atoms with E-state index in [0.717, 1.165) is 27.4 Å². The second-order valence-corrected chi connectivity index (χ2v) is 5.51. The number of hydrogen-bond donors (Lipinski definition) is 1. The van der Waals surface area contributed by atoms with Gasteiger partial charge in [0, 0.05) is 16.6 Å². The fraction of sp³-hybridized carbons (Fsp3) is 0.133. The van der Waals surface area contributed by atoms with Gasteiger partial charge in [0.25, 0.3) is 0 Å². The van der Waals surface area contributed by atoms with Gasteiger partial charge in [0.2, 0.25) is 0 Å². The molecule has 0 spiro atoms. The van der Waals surface area contributed by atoms with Gasteiger partial charge in [-0.3, -0.25) is 9.29 Å². The van der Waals surface area contributed by atoms with E-state index < -0.39 is 0 Å². The molecular formula is C15H14FN3S. The first kappa shape index (κ1) is 13.1. The Balaban J connectivity index is 2.20. The predicted molar refractivity (Wildman–Crippen MR) is 80.7 cm³/mol. The maximum Gasteiger partial charge on any atom is 0.125 e. The Morgan fingerprint density at radius 2 is 2.05 bits per heavy atom. The molecular weight excluding hydrogens is 273 g/mol. The Hall–Kier alpha value is -1.85. The van der Waals surface area contributed by atoms with Crippen molar-refractivity contribution in [2.75, 3.05) is 7.05 Å². The molecule has 0 aliphatic heterocycles. The normalized spacial score (nSPS) is 11.2. The number of aromatic nitrogens is 2. The fourth-order valence-corrected chi connectivity index (χ4v) is 2.86. The second-order valence-electron chi connectivity index (χ2n) is 4.43. The van der Waals surface area contributed by atoms with E-state index in [0.29, 0.717) is 0 Å². The van der Waals surface area contributed by atoms with Crippen molar-refractivity contribution in [1.29, 1.82) is 0 Å². The summed E-state index contributed by atoms with van der Waals surface area (Å²) in [7, 11) is 1.88. The highest BCUT2D eigenvalue weighted by Crippen LogP contribution is 2.24. The van der Waals surface area contributed by atoms with Gasteiger partial charge in [-0.25, -0.2) is 9.37 Å². The van der Waals surface area contributed by atoms with Crippen LogP contribution in [0.3, 0.4) is 0 Å². The lowest BCUT2D eigenvalue weighted by molar-refractivity contribution is 0.629. The van der Waals surface area contributed by atoms with Gasteiger partial charge >= 0.3 is 0 Å². The molecule has 3 aromatic rings. The largest absolute Gasteiger partial charge is 0.296 e. The number of rotatable bonds is 3. The van der Waals surface area contributed by atoms with Crippen LogP contribution in [0.1, 0.15) is 5.82 Å². The Morgan fingerprint density at radius 1 is 1.20 bits per heavy atom. The van der Waals surface area contributed by atoms with Crippen molar-refractivity contribution >= 4 is 23.0 Å². The third kappa shape index (κ3) is 2.30. The summed E-state index contributed by atoms with van der Waals surface area (Å²) in [5.41, 5.74) is 2.57. The molecule has 1 N–H and O–H groups in total. The first-order chi connectivity index (χ1) is 9.69. The van der Waals surface area contributed by atoms with E-state index >= 15 is 0 Å². The summed E-state index contributed by atoms with van der Waals surface area (Å²) < 4.78 is 18.5. The lowest BCUT2D eigenvalue weighted by Crippen LogP contribution is -1.98. The van der Waals surface area contributed by atoms with E-state index in [-0.39, 0.29) is 5.82 Å². The van der Waals surface area contributed by atoms with Gasteiger partial charge in [-0.05, 0) is 56.3 Å². The topological polar surface area (TPSA) is 29.9 Å². The summed E-state index contributed by atoms with van der Waals surface area (Å²) in [5.74, 6) is 0.594. The highest BCUT2D eigenvalue weighted by Gasteiger charge is 2.10. The summed E-state index contributed by atoms with van der Waals surface area (Å²) in [4.78, 5) is 5.58. The molecule has 3 nitrogen and oxygen atoms in total. The number of hydrogen-bond acceptors (Lipinski definition) is 3. The van der Waals surface area contributed by atoms with Crippen LogP contribution in [0.4, 0.5) is 4.39 Å². The van der Waals surface area contributed by atoms with Crippen molar-refractivity contribution in [2.45, 2.75) is 11.8 Å². The summed E-state index contributed by atoms with van der Waals surface area (Å²) in [6, 6.07) is 12.7. The van der Waals surface area contributed by atoms with E-state index in [1.165, 1.54) is 12.1 Å². The molecule has 0 unspecified atom stereocenters. The van der Waals surface area contributed by atoms with Crippen molar-refractivity contribution in [3.63, 3.8) is 0 Å². The van der Waals surface area contributed by atoms with E-state index in [9.17, 15) is 4.39 Å². The number of nitrogens with one attached hydrogen (secondary N) is 1. The third-order valence-electron chi connectivity index (χ3n) is 3.08.